The average molecular weight is 243 g/mol. The zero-order valence-corrected chi connectivity index (χ0v) is 11.4. The van der Waals surface area contributed by atoms with Gasteiger partial charge in [0, 0.05) is 30.1 Å². The lowest BCUT2D eigenvalue weighted by molar-refractivity contribution is -0.0264. The van der Waals surface area contributed by atoms with Gasteiger partial charge in [0.25, 0.3) is 0 Å². The van der Waals surface area contributed by atoms with Crippen molar-refractivity contribution in [2.75, 3.05) is 19.6 Å². The summed E-state index contributed by atoms with van der Waals surface area (Å²) in [4.78, 5) is 2.48. The third-order valence-corrected chi connectivity index (χ3v) is 5.02. The Morgan fingerprint density at radius 1 is 1.12 bits per heavy atom. The number of rotatable bonds is 2. The fourth-order valence-electron chi connectivity index (χ4n) is 3.20. The molecule has 1 aliphatic heterocycles. The number of hydrogen-bond acceptors (Lipinski definition) is 3. The summed E-state index contributed by atoms with van der Waals surface area (Å²) in [5.74, 6) is 0. The van der Waals surface area contributed by atoms with E-state index in [9.17, 15) is 5.11 Å². The molecule has 0 aromatic rings. The lowest BCUT2D eigenvalue weighted by Gasteiger charge is -2.41. The molecule has 3 heteroatoms. The van der Waals surface area contributed by atoms with Crippen LogP contribution in [0.3, 0.4) is 0 Å². The summed E-state index contributed by atoms with van der Waals surface area (Å²) in [5.41, 5.74) is -0.375. The molecule has 0 amide bonds. The van der Waals surface area contributed by atoms with Gasteiger partial charge in [-0.25, -0.2) is 0 Å². The van der Waals surface area contributed by atoms with Crippen LogP contribution < -0.4 is 0 Å². The zero-order valence-electron chi connectivity index (χ0n) is 10.6. The minimum absolute atomic E-state index is 0.375. The summed E-state index contributed by atoms with van der Waals surface area (Å²) in [5, 5.41) is 12.0. The van der Waals surface area contributed by atoms with Crippen LogP contribution in [0.2, 0.25) is 0 Å². The van der Waals surface area contributed by atoms with Gasteiger partial charge in [-0.2, -0.15) is 11.8 Å². The van der Waals surface area contributed by atoms with E-state index in [4.69, 9.17) is 0 Å². The fraction of sp³-hybridized carbons (Fsp3) is 1.00. The van der Waals surface area contributed by atoms with Crippen molar-refractivity contribution in [1.82, 2.24) is 4.90 Å². The number of hydrogen-bond donors (Lipinski definition) is 1. The Morgan fingerprint density at radius 3 is 2.25 bits per heavy atom. The molecule has 1 saturated carbocycles. The Bertz CT molecular complexity index is 218. The highest BCUT2D eigenvalue weighted by atomic mass is 32.2. The van der Waals surface area contributed by atoms with Crippen LogP contribution in [0.1, 0.15) is 46.0 Å². The van der Waals surface area contributed by atoms with Gasteiger partial charge < -0.3 is 5.11 Å². The van der Waals surface area contributed by atoms with E-state index in [1.165, 1.54) is 19.3 Å². The van der Waals surface area contributed by atoms with Crippen LogP contribution in [0.4, 0.5) is 0 Å². The Hall–Kier alpha value is 0.270. The maximum atomic E-state index is 10.5. The van der Waals surface area contributed by atoms with Gasteiger partial charge in [-0.3, -0.25) is 4.90 Å². The van der Waals surface area contributed by atoms with Gasteiger partial charge in [0.1, 0.15) is 0 Å². The molecule has 0 aromatic heterocycles. The summed E-state index contributed by atoms with van der Waals surface area (Å²) in [6.45, 7) is 7.81. The Kier molecular flexibility index (Phi) is 4.20. The number of β-amino-alcohol motifs (C(OH)–C–C–N with tert-alkyl or cyclic N) is 1. The van der Waals surface area contributed by atoms with Crippen LogP contribution in [0.5, 0.6) is 0 Å². The molecule has 1 N–H and O–H groups in total. The molecule has 0 radical (unpaired) electrons. The molecule has 2 nitrogen and oxygen atoms in total. The molecular formula is C13H25NOS. The van der Waals surface area contributed by atoms with E-state index >= 15 is 0 Å². The third kappa shape index (κ3) is 3.38. The molecule has 1 heterocycles. The number of thioether (sulfide) groups is 1. The summed E-state index contributed by atoms with van der Waals surface area (Å²) in [6.07, 6.45) is 5.76. The van der Waals surface area contributed by atoms with Gasteiger partial charge in [0.2, 0.25) is 0 Å². The van der Waals surface area contributed by atoms with Crippen molar-refractivity contribution < 1.29 is 5.11 Å². The smallest absolute Gasteiger partial charge is 0.0774 e. The SMILES string of the molecule is CC1CN(CC2(O)CCCCC2)CC(C)S1. The first-order valence-electron chi connectivity index (χ1n) is 6.68. The number of aliphatic hydroxyl groups is 1. The van der Waals surface area contributed by atoms with Gasteiger partial charge in [-0.15, -0.1) is 0 Å². The first kappa shape index (κ1) is 12.7. The topological polar surface area (TPSA) is 23.5 Å². The van der Waals surface area contributed by atoms with E-state index in [2.05, 4.69) is 30.5 Å². The standard InChI is InChI=1S/C13H25NOS/c1-11-8-14(9-12(2)16-11)10-13(15)6-4-3-5-7-13/h11-12,15H,3-10H2,1-2H3. The maximum absolute atomic E-state index is 10.5. The van der Waals surface area contributed by atoms with E-state index in [-0.39, 0.29) is 5.60 Å². The Labute approximate surface area is 104 Å². The van der Waals surface area contributed by atoms with E-state index in [1.807, 2.05) is 0 Å². The van der Waals surface area contributed by atoms with E-state index in [1.54, 1.807) is 0 Å². The lowest BCUT2D eigenvalue weighted by Crippen LogP contribution is -2.50. The summed E-state index contributed by atoms with van der Waals surface area (Å²) < 4.78 is 0. The molecule has 1 aliphatic carbocycles. The highest BCUT2D eigenvalue weighted by Crippen LogP contribution is 2.31. The van der Waals surface area contributed by atoms with Crippen molar-refractivity contribution >= 4 is 11.8 Å². The second kappa shape index (κ2) is 5.28. The van der Waals surface area contributed by atoms with Crippen LogP contribution in [-0.2, 0) is 0 Å². The predicted octanol–water partition coefficient (Wildman–Crippen LogP) is 2.51. The normalized spacial score (nSPS) is 36.2. The van der Waals surface area contributed by atoms with Gasteiger partial charge in [0.15, 0.2) is 0 Å². The minimum atomic E-state index is -0.375. The van der Waals surface area contributed by atoms with E-state index in [0.717, 1.165) is 43.0 Å². The number of nitrogens with zero attached hydrogens (tertiary/aromatic N) is 1. The molecule has 2 atom stereocenters. The predicted molar refractivity (Wildman–Crippen MR) is 71.0 cm³/mol. The lowest BCUT2D eigenvalue weighted by atomic mass is 9.84. The van der Waals surface area contributed by atoms with Crippen LogP contribution in [0, 0.1) is 0 Å². The molecule has 2 unspecified atom stereocenters. The molecule has 2 fully saturated rings. The highest BCUT2D eigenvalue weighted by molar-refractivity contribution is 8.00. The van der Waals surface area contributed by atoms with Crippen molar-refractivity contribution in [2.45, 2.75) is 62.1 Å². The highest BCUT2D eigenvalue weighted by Gasteiger charge is 2.33. The molecule has 94 valence electrons. The Morgan fingerprint density at radius 2 is 1.69 bits per heavy atom. The largest absolute Gasteiger partial charge is 0.389 e. The molecule has 0 aromatic carbocycles. The second-order valence-corrected chi connectivity index (χ2v) is 7.62. The zero-order chi connectivity index (χ0) is 11.6. The quantitative estimate of drug-likeness (QED) is 0.806. The van der Waals surface area contributed by atoms with Crippen LogP contribution >= 0.6 is 11.8 Å². The van der Waals surface area contributed by atoms with Crippen molar-refractivity contribution in [3.8, 4) is 0 Å². The minimum Gasteiger partial charge on any atom is -0.389 e. The van der Waals surface area contributed by atoms with Crippen LogP contribution in [-0.4, -0.2) is 45.7 Å². The first-order valence-corrected chi connectivity index (χ1v) is 7.62. The van der Waals surface area contributed by atoms with Gasteiger partial charge in [-0.1, -0.05) is 33.1 Å². The summed E-state index contributed by atoms with van der Waals surface area (Å²) >= 11 is 2.08. The Balaban J connectivity index is 1.87. The van der Waals surface area contributed by atoms with Crippen molar-refractivity contribution in [3.63, 3.8) is 0 Å². The van der Waals surface area contributed by atoms with Crippen molar-refractivity contribution in [1.29, 1.82) is 0 Å². The van der Waals surface area contributed by atoms with Gasteiger partial charge in [-0.05, 0) is 12.8 Å². The average Bonchev–Trinajstić information content (AvgIpc) is 2.15. The van der Waals surface area contributed by atoms with Crippen LogP contribution in [0.25, 0.3) is 0 Å². The molecular weight excluding hydrogens is 218 g/mol. The monoisotopic (exact) mass is 243 g/mol. The van der Waals surface area contributed by atoms with Crippen molar-refractivity contribution in [2.24, 2.45) is 0 Å². The van der Waals surface area contributed by atoms with Gasteiger partial charge >= 0.3 is 0 Å². The molecule has 16 heavy (non-hydrogen) atoms. The van der Waals surface area contributed by atoms with Crippen LogP contribution in [0.15, 0.2) is 0 Å². The third-order valence-electron chi connectivity index (χ3n) is 3.80. The maximum Gasteiger partial charge on any atom is 0.0774 e. The fourth-order valence-corrected chi connectivity index (χ4v) is 4.58. The summed E-state index contributed by atoms with van der Waals surface area (Å²) in [7, 11) is 0. The molecule has 1 saturated heterocycles. The van der Waals surface area contributed by atoms with Gasteiger partial charge in [0.05, 0.1) is 5.60 Å². The first-order chi connectivity index (χ1) is 7.57. The molecule has 0 spiro atoms. The van der Waals surface area contributed by atoms with Crippen molar-refractivity contribution in [3.05, 3.63) is 0 Å². The molecule has 2 rings (SSSR count). The molecule has 0 bridgehead atoms. The van der Waals surface area contributed by atoms with E-state index in [0.29, 0.717) is 0 Å². The van der Waals surface area contributed by atoms with E-state index < -0.39 is 0 Å². The summed E-state index contributed by atoms with van der Waals surface area (Å²) in [6, 6.07) is 0. The molecule has 2 aliphatic rings. The second-order valence-electron chi connectivity index (χ2n) is 5.74.